The molecule has 2 aromatic rings. The summed E-state index contributed by atoms with van der Waals surface area (Å²) in [6.07, 6.45) is 0.683. The number of carbonyl (C=O) groups is 1. The van der Waals surface area contributed by atoms with Crippen molar-refractivity contribution in [1.82, 2.24) is 4.72 Å². The van der Waals surface area contributed by atoms with E-state index in [2.05, 4.69) is 10.0 Å². The molecule has 2 N–H and O–H groups in total. The predicted octanol–water partition coefficient (Wildman–Crippen LogP) is 3.12. The summed E-state index contributed by atoms with van der Waals surface area (Å²) in [6.45, 7) is 4.01. The number of anilines is 1. The molecule has 0 spiro atoms. The van der Waals surface area contributed by atoms with E-state index in [9.17, 15) is 13.2 Å². The van der Waals surface area contributed by atoms with Crippen molar-refractivity contribution in [3.8, 4) is 0 Å². The molecule has 6 heteroatoms. The summed E-state index contributed by atoms with van der Waals surface area (Å²) in [5.74, 6) is -0.345. The number of rotatable bonds is 7. The van der Waals surface area contributed by atoms with Gasteiger partial charge in [0.05, 0.1) is 10.8 Å². The minimum absolute atomic E-state index is 0.106. The van der Waals surface area contributed by atoms with Gasteiger partial charge in [-0.1, -0.05) is 44.2 Å². The van der Waals surface area contributed by atoms with E-state index >= 15 is 0 Å². The maximum Gasteiger partial charge on any atom is 0.240 e. The second kappa shape index (κ2) is 8.08. The molecule has 1 amide bonds. The number of carbonyl (C=O) groups excluding carboxylic acids is 1. The monoisotopic (exact) mass is 346 g/mol. The summed E-state index contributed by atoms with van der Waals surface area (Å²) in [4.78, 5) is 12.7. The maximum absolute atomic E-state index is 12.5. The first-order chi connectivity index (χ1) is 11.5. The normalized spacial score (nSPS) is 12.6. The lowest BCUT2D eigenvalue weighted by atomic mass is 9.95. The SMILES string of the molecule is CCNS(=O)(=O)c1ccc(NC(=O)[C@@H](CC)c2ccccc2)cc1. The quantitative estimate of drug-likeness (QED) is 0.809. The van der Waals surface area contributed by atoms with Gasteiger partial charge < -0.3 is 5.32 Å². The molecular formula is C18H22N2O3S. The van der Waals surface area contributed by atoms with Gasteiger partial charge in [0.25, 0.3) is 0 Å². The third-order valence-corrected chi connectivity index (χ3v) is 5.25. The zero-order chi connectivity index (χ0) is 17.6. The summed E-state index contributed by atoms with van der Waals surface area (Å²) in [7, 11) is -3.48. The smallest absolute Gasteiger partial charge is 0.240 e. The van der Waals surface area contributed by atoms with Crippen LogP contribution in [-0.2, 0) is 14.8 Å². The van der Waals surface area contributed by atoms with Crippen LogP contribution in [0.1, 0.15) is 31.7 Å². The van der Waals surface area contributed by atoms with Crippen molar-refractivity contribution in [2.24, 2.45) is 0 Å². The summed E-state index contributed by atoms with van der Waals surface area (Å²) >= 11 is 0. The van der Waals surface area contributed by atoms with Crippen molar-refractivity contribution >= 4 is 21.6 Å². The van der Waals surface area contributed by atoms with Crippen LogP contribution >= 0.6 is 0 Å². The Labute approximate surface area is 143 Å². The predicted molar refractivity (Wildman–Crippen MR) is 95.4 cm³/mol. The van der Waals surface area contributed by atoms with Gasteiger partial charge in [0, 0.05) is 12.2 Å². The van der Waals surface area contributed by atoms with Crippen LogP contribution in [0.3, 0.4) is 0 Å². The van der Waals surface area contributed by atoms with E-state index in [-0.39, 0.29) is 16.7 Å². The number of hydrogen-bond acceptors (Lipinski definition) is 3. The van der Waals surface area contributed by atoms with Gasteiger partial charge in [-0.2, -0.15) is 0 Å². The molecule has 0 radical (unpaired) electrons. The van der Waals surface area contributed by atoms with Gasteiger partial charge in [-0.25, -0.2) is 13.1 Å². The summed E-state index contributed by atoms with van der Waals surface area (Å²) in [5.41, 5.74) is 1.54. The molecule has 1 atom stereocenters. The van der Waals surface area contributed by atoms with Crippen LogP contribution in [0.5, 0.6) is 0 Å². The molecule has 0 aliphatic rings. The average Bonchev–Trinajstić information content (AvgIpc) is 2.57. The Bertz CT molecular complexity index is 772. The van der Waals surface area contributed by atoms with Gasteiger partial charge in [-0.05, 0) is 36.2 Å². The molecule has 0 saturated heterocycles. The van der Waals surface area contributed by atoms with Gasteiger partial charge in [-0.3, -0.25) is 4.79 Å². The van der Waals surface area contributed by atoms with Gasteiger partial charge in [0.1, 0.15) is 0 Å². The fourth-order valence-corrected chi connectivity index (χ4v) is 3.52. The highest BCUT2D eigenvalue weighted by molar-refractivity contribution is 7.89. The van der Waals surface area contributed by atoms with Crippen molar-refractivity contribution in [3.63, 3.8) is 0 Å². The van der Waals surface area contributed by atoms with Crippen LogP contribution in [0.4, 0.5) is 5.69 Å². The Morgan fingerprint density at radius 1 is 1.00 bits per heavy atom. The van der Waals surface area contributed by atoms with E-state index in [1.54, 1.807) is 19.1 Å². The molecule has 0 bridgehead atoms. The number of sulfonamides is 1. The van der Waals surface area contributed by atoms with E-state index in [0.29, 0.717) is 18.7 Å². The minimum Gasteiger partial charge on any atom is -0.326 e. The van der Waals surface area contributed by atoms with Crippen LogP contribution < -0.4 is 10.0 Å². The van der Waals surface area contributed by atoms with Crippen LogP contribution in [0, 0.1) is 0 Å². The molecule has 0 aliphatic carbocycles. The summed E-state index contributed by atoms with van der Waals surface area (Å²) < 4.78 is 26.2. The first-order valence-electron chi connectivity index (χ1n) is 7.93. The fraction of sp³-hybridized carbons (Fsp3) is 0.278. The van der Waals surface area contributed by atoms with Gasteiger partial charge >= 0.3 is 0 Å². The Balaban J connectivity index is 2.12. The third kappa shape index (κ3) is 4.43. The van der Waals surface area contributed by atoms with Crippen molar-refractivity contribution < 1.29 is 13.2 Å². The highest BCUT2D eigenvalue weighted by Crippen LogP contribution is 2.22. The second-order valence-corrected chi connectivity index (χ2v) is 7.15. The van der Waals surface area contributed by atoms with E-state index in [1.165, 1.54) is 12.1 Å². The molecule has 0 aromatic heterocycles. The number of hydrogen-bond donors (Lipinski definition) is 2. The number of benzene rings is 2. The van der Waals surface area contributed by atoms with Crippen LogP contribution in [0.2, 0.25) is 0 Å². The van der Waals surface area contributed by atoms with Crippen molar-refractivity contribution in [1.29, 1.82) is 0 Å². The molecule has 2 aromatic carbocycles. The zero-order valence-electron chi connectivity index (χ0n) is 13.8. The Morgan fingerprint density at radius 3 is 2.17 bits per heavy atom. The lowest BCUT2D eigenvalue weighted by Gasteiger charge is -2.15. The van der Waals surface area contributed by atoms with Crippen LogP contribution in [-0.4, -0.2) is 20.9 Å². The Kier molecular flexibility index (Phi) is 6.11. The highest BCUT2D eigenvalue weighted by atomic mass is 32.2. The topological polar surface area (TPSA) is 75.3 Å². The molecule has 0 aliphatic heterocycles. The highest BCUT2D eigenvalue weighted by Gasteiger charge is 2.19. The van der Waals surface area contributed by atoms with Crippen LogP contribution in [0.25, 0.3) is 0 Å². The Morgan fingerprint density at radius 2 is 1.62 bits per heavy atom. The second-order valence-electron chi connectivity index (χ2n) is 5.39. The number of amides is 1. The van der Waals surface area contributed by atoms with E-state index in [4.69, 9.17) is 0 Å². The summed E-state index contributed by atoms with van der Waals surface area (Å²) in [5, 5.41) is 2.85. The fourth-order valence-electron chi connectivity index (χ4n) is 2.48. The first-order valence-corrected chi connectivity index (χ1v) is 9.41. The zero-order valence-corrected chi connectivity index (χ0v) is 14.6. The number of nitrogens with one attached hydrogen (secondary N) is 2. The van der Waals surface area contributed by atoms with E-state index in [1.807, 2.05) is 37.3 Å². The van der Waals surface area contributed by atoms with E-state index in [0.717, 1.165) is 5.56 Å². The minimum atomic E-state index is -3.48. The molecule has 0 heterocycles. The van der Waals surface area contributed by atoms with Crippen LogP contribution in [0.15, 0.2) is 59.5 Å². The molecule has 0 saturated carbocycles. The van der Waals surface area contributed by atoms with Gasteiger partial charge in [-0.15, -0.1) is 0 Å². The molecule has 24 heavy (non-hydrogen) atoms. The molecule has 2 rings (SSSR count). The van der Waals surface area contributed by atoms with E-state index < -0.39 is 10.0 Å². The Hall–Kier alpha value is -2.18. The molecule has 5 nitrogen and oxygen atoms in total. The lowest BCUT2D eigenvalue weighted by molar-refractivity contribution is -0.117. The van der Waals surface area contributed by atoms with Gasteiger partial charge in [0.2, 0.25) is 15.9 Å². The van der Waals surface area contributed by atoms with Gasteiger partial charge in [0.15, 0.2) is 0 Å². The molecule has 0 unspecified atom stereocenters. The standard InChI is InChI=1S/C18H22N2O3S/c1-3-17(14-8-6-5-7-9-14)18(21)20-15-10-12-16(13-11-15)24(22,23)19-4-2/h5-13,17,19H,3-4H2,1-2H3,(H,20,21)/t17-/m0/s1. The van der Waals surface area contributed by atoms with Crippen molar-refractivity contribution in [2.45, 2.75) is 31.1 Å². The molecular weight excluding hydrogens is 324 g/mol. The maximum atomic E-state index is 12.5. The lowest BCUT2D eigenvalue weighted by Crippen LogP contribution is -2.23. The summed E-state index contributed by atoms with van der Waals surface area (Å²) in [6, 6.07) is 15.8. The third-order valence-electron chi connectivity index (χ3n) is 3.69. The average molecular weight is 346 g/mol. The largest absolute Gasteiger partial charge is 0.326 e. The van der Waals surface area contributed by atoms with Crippen molar-refractivity contribution in [2.75, 3.05) is 11.9 Å². The first kappa shape index (κ1) is 18.2. The molecule has 128 valence electrons. The van der Waals surface area contributed by atoms with Crippen molar-refractivity contribution in [3.05, 3.63) is 60.2 Å². The molecule has 0 fully saturated rings.